The van der Waals surface area contributed by atoms with Crippen LogP contribution in [0.2, 0.25) is 0 Å². The summed E-state index contributed by atoms with van der Waals surface area (Å²) < 4.78 is 2.32. The molecule has 1 aliphatic carbocycles. The average Bonchev–Trinajstić information content (AvgIpc) is 3.62. The van der Waals surface area contributed by atoms with Crippen LogP contribution in [0.3, 0.4) is 0 Å². The first kappa shape index (κ1) is 26.1. The van der Waals surface area contributed by atoms with Gasteiger partial charge in [-0.3, -0.25) is 9.59 Å². The number of carboxylic acids is 1. The maximum Gasteiger partial charge on any atom is 0.320 e. The van der Waals surface area contributed by atoms with E-state index in [0.717, 1.165) is 53.3 Å². The first-order valence-corrected chi connectivity index (χ1v) is 13.5. The van der Waals surface area contributed by atoms with Crippen molar-refractivity contribution in [2.24, 2.45) is 11.8 Å². The van der Waals surface area contributed by atoms with Crippen molar-refractivity contribution in [2.75, 3.05) is 0 Å². The van der Waals surface area contributed by atoms with Gasteiger partial charge in [-0.05, 0) is 61.8 Å². The van der Waals surface area contributed by atoms with E-state index in [4.69, 9.17) is 4.98 Å². The highest BCUT2D eigenvalue weighted by Crippen LogP contribution is 2.36. The normalized spacial score (nSPS) is 15.3. The van der Waals surface area contributed by atoms with Crippen LogP contribution in [-0.4, -0.2) is 31.7 Å². The molecule has 36 heavy (non-hydrogen) atoms. The van der Waals surface area contributed by atoms with E-state index in [1.54, 1.807) is 6.20 Å². The molecule has 7 heteroatoms. The summed E-state index contributed by atoms with van der Waals surface area (Å²) in [5.74, 6) is 1.56. The molecule has 2 heterocycles. The van der Waals surface area contributed by atoms with Crippen molar-refractivity contribution >= 4 is 17.0 Å². The van der Waals surface area contributed by atoms with E-state index in [1.807, 2.05) is 19.9 Å². The molecular formula is C29H40N4O3. The molecule has 1 aromatic carbocycles. The number of aromatic nitrogens is 3. The summed E-state index contributed by atoms with van der Waals surface area (Å²) in [6.45, 7) is 7.45. The minimum absolute atomic E-state index is 0.0804. The number of rotatable bonds is 14. The van der Waals surface area contributed by atoms with Crippen LogP contribution in [0.1, 0.15) is 76.3 Å². The molecule has 1 fully saturated rings. The zero-order valence-electron chi connectivity index (χ0n) is 21.8. The Morgan fingerprint density at radius 1 is 1.19 bits per heavy atom. The topological polar surface area (TPSA) is 100 Å². The second kappa shape index (κ2) is 11.9. The Morgan fingerprint density at radius 2 is 1.97 bits per heavy atom. The van der Waals surface area contributed by atoms with Gasteiger partial charge in [0.25, 0.3) is 5.56 Å². The Hall–Kier alpha value is -2.93. The van der Waals surface area contributed by atoms with Crippen LogP contribution in [0.25, 0.3) is 22.4 Å². The van der Waals surface area contributed by atoms with Crippen molar-refractivity contribution in [1.82, 2.24) is 19.9 Å². The third-order valence-corrected chi connectivity index (χ3v) is 7.41. The van der Waals surface area contributed by atoms with Crippen molar-refractivity contribution in [3.63, 3.8) is 0 Å². The third-order valence-electron chi connectivity index (χ3n) is 7.41. The molecule has 4 rings (SSSR count). The summed E-state index contributed by atoms with van der Waals surface area (Å²) in [6, 6.07) is 7.61. The quantitative estimate of drug-likeness (QED) is 0.270. The van der Waals surface area contributed by atoms with Crippen molar-refractivity contribution in [3.8, 4) is 11.4 Å². The molecule has 0 radical (unpaired) electrons. The molecule has 3 aromatic rings. The van der Waals surface area contributed by atoms with Gasteiger partial charge in [-0.15, -0.1) is 0 Å². The van der Waals surface area contributed by atoms with Crippen LogP contribution in [0.4, 0.5) is 0 Å². The molecule has 0 bridgehead atoms. The van der Waals surface area contributed by atoms with Crippen molar-refractivity contribution in [3.05, 3.63) is 51.9 Å². The lowest BCUT2D eigenvalue weighted by Gasteiger charge is -2.19. The highest BCUT2D eigenvalue weighted by molar-refractivity contribution is 5.81. The molecule has 0 spiro atoms. The number of H-pyrrole nitrogens is 1. The van der Waals surface area contributed by atoms with Crippen LogP contribution in [0.15, 0.2) is 35.3 Å². The number of nitrogens with zero attached hydrogens (tertiary/aromatic N) is 2. The standard InChI is InChI=1S/C29H40N4O3/c1-4-6-21(11-10-20-8-9-20)18-33-26-13-12-22(16-30-24(7-5-2)29(35)36)15-25(26)32-27(33)23-14-19(3)28(34)31-17-23/h12-15,17,20-21,24,30H,4-11,16,18H2,1-3H3,(H,31,34)(H,35,36). The fourth-order valence-electron chi connectivity index (χ4n) is 5.13. The number of benzene rings is 1. The van der Waals surface area contributed by atoms with E-state index in [2.05, 4.69) is 40.0 Å². The number of pyridine rings is 1. The SMILES string of the molecule is CCCC(CCC1CC1)Cn1c(-c2c[nH]c(=O)c(C)c2)nc2cc(CNC(CCC)C(=O)O)ccc21. The number of hydrogen-bond donors (Lipinski definition) is 3. The maximum absolute atomic E-state index is 12.0. The summed E-state index contributed by atoms with van der Waals surface area (Å²) in [7, 11) is 0. The maximum atomic E-state index is 12.0. The molecule has 0 saturated heterocycles. The van der Waals surface area contributed by atoms with Gasteiger partial charge in [0, 0.05) is 30.4 Å². The number of hydrogen-bond acceptors (Lipinski definition) is 4. The minimum Gasteiger partial charge on any atom is -0.480 e. The molecule has 2 unspecified atom stereocenters. The zero-order chi connectivity index (χ0) is 25.7. The largest absolute Gasteiger partial charge is 0.480 e. The smallest absolute Gasteiger partial charge is 0.320 e. The van der Waals surface area contributed by atoms with Crippen LogP contribution in [0.5, 0.6) is 0 Å². The Labute approximate surface area is 213 Å². The van der Waals surface area contributed by atoms with Crippen molar-refractivity contribution < 1.29 is 9.90 Å². The van der Waals surface area contributed by atoms with E-state index in [0.29, 0.717) is 24.4 Å². The third kappa shape index (κ3) is 6.44. The van der Waals surface area contributed by atoms with Crippen LogP contribution >= 0.6 is 0 Å². The highest BCUT2D eigenvalue weighted by atomic mass is 16.4. The summed E-state index contributed by atoms with van der Waals surface area (Å²) in [4.78, 5) is 31.4. The Morgan fingerprint density at radius 3 is 2.64 bits per heavy atom. The second-order valence-electron chi connectivity index (χ2n) is 10.5. The lowest BCUT2D eigenvalue weighted by Crippen LogP contribution is -2.35. The van der Waals surface area contributed by atoms with Gasteiger partial charge in [-0.1, -0.05) is 52.0 Å². The summed E-state index contributed by atoms with van der Waals surface area (Å²) in [5, 5.41) is 12.6. The number of nitrogens with one attached hydrogen (secondary N) is 2. The molecule has 2 atom stereocenters. The zero-order valence-corrected chi connectivity index (χ0v) is 21.8. The van der Waals surface area contributed by atoms with Crippen molar-refractivity contribution in [2.45, 2.75) is 91.3 Å². The molecule has 1 saturated carbocycles. The van der Waals surface area contributed by atoms with E-state index in [1.165, 1.54) is 32.1 Å². The number of aromatic amines is 1. The molecule has 0 amide bonds. The van der Waals surface area contributed by atoms with E-state index in [-0.39, 0.29) is 5.56 Å². The number of fused-ring (bicyclic) bond motifs is 1. The van der Waals surface area contributed by atoms with Crippen molar-refractivity contribution in [1.29, 1.82) is 0 Å². The monoisotopic (exact) mass is 492 g/mol. The van der Waals surface area contributed by atoms with E-state index < -0.39 is 12.0 Å². The van der Waals surface area contributed by atoms with Gasteiger partial charge < -0.3 is 20.0 Å². The molecule has 0 aliphatic heterocycles. The second-order valence-corrected chi connectivity index (χ2v) is 10.5. The number of aryl methyl sites for hydroxylation is 1. The van der Waals surface area contributed by atoms with Crippen LogP contribution < -0.4 is 10.9 Å². The fourth-order valence-corrected chi connectivity index (χ4v) is 5.13. The average molecular weight is 493 g/mol. The Kier molecular flexibility index (Phi) is 8.62. The summed E-state index contributed by atoms with van der Waals surface area (Å²) in [6.07, 6.45) is 10.8. The van der Waals surface area contributed by atoms with Gasteiger partial charge in [-0.2, -0.15) is 0 Å². The van der Waals surface area contributed by atoms with E-state index >= 15 is 0 Å². The van der Waals surface area contributed by atoms with Crippen LogP contribution in [0, 0.1) is 18.8 Å². The fraction of sp³-hybridized carbons (Fsp3) is 0.552. The summed E-state index contributed by atoms with van der Waals surface area (Å²) in [5.41, 5.74) is 4.49. The van der Waals surface area contributed by atoms with E-state index in [9.17, 15) is 14.7 Å². The van der Waals surface area contributed by atoms with Gasteiger partial charge >= 0.3 is 5.97 Å². The van der Waals surface area contributed by atoms with Gasteiger partial charge in [0.05, 0.1) is 11.0 Å². The molecule has 7 nitrogen and oxygen atoms in total. The summed E-state index contributed by atoms with van der Waals surface area (Å²) >= 11 is 0. The molecule has 1 aliphatic rings. The number of carboxylic acid groups (broad SMARTS) is 1. The Balaban J connectivity index is 1.67. The van der Waals surface area contributed by atoms with Gasteiger partial charge in [0.1, 0.15) is 11.9 Å². The number of imidazole rings is 1. The highest BCUT2D eigenvalue weighted by Gasteiger charge is 2.24. The molecule has 194 valence electrons. The first-order valence-electron chi connectivity index (χ1n) is 13.5. The lowest BCUT2D eigenvalue weighted by atomic mass is 9.96. The Bertz CT molecular complexity index is 1240. The van der Waals surface area contributed by atoms with Crippen LogP contribution in [-0.2, 0) is 17.9 Å². The lowest BCUT2D eigenvalue weighted by molar-refractivity contribution is -0.139. The van der Waals surface area contributed by atoms with Gasteiger partial charge in [-0.25, -0.2) is 4.98 Å². The first-order chi connectivity index (χ1) is 17.4. The van der Waals surface area contributed by atoms with Gasteiger partial charge in [0.2, 0.25) is 0 Å². The molecule has 3 N–H and O–H groups in total. The predicted octanol–water partition coefficient (Wildman–Crippen LogP) is 5.65. The number of carbonyl (C=O) groups is 1. The molecular weight excluding hydrogens is 452 g/mol. The molecule has 2 aromatic heterocycles. The minimum atomic E-state index is -0.814. The number of aliphatic carboxylic acids is 1. The van der Waals surface area contributed by atoms with Gasteiger partial charge in [0.15, 0.2) is 0 Å². The predicted molar refractivity (Wildman–Crippen MR) is 144 cm³/mol.